The van der Waals surface area contributed by atoms with Crippen LogP contribution in [0.4, 0.5) is 5.82 Å². The quantitative estimate of drug-likeness (QED) is 0.809. The van der Waals surface area contributed by atoms with E-state index in [4.69, 9.17) is 10.5 Å². The van der Waals surface area contributed by atoms with E-state index < -0.39 is 0 Å². The Hall–Kier alpha value is -2.04. The third-order valence-corrected chi connectivity index (χ3v) is 1.99. The summed E-state index contributed by atoms with van der Waals surface area (Å²) in [6.07, 6.45) is 5.11. The van der Waals surface area contributed by atoms with Gasteiger partial charge in [-0.25, -0.2) is 4.98 Å². The van der Waals surface area contributed by atoms with Gasteiger partial charge in [-0.3, -0.25) is 4.98 Å². The minimum absolute atomic E-state index is 0.388. The van der Waals surface area contributed by atoms with Gasteiger partial charge in [0, 0.05) is 19.4 Å². The second kappa shape index (κ2) is 4.00. The zero-order chi connectivity index (χ0) is 10.7. The van der Waals surface area contributed by atoms with Crippen LogP contribution in [0.3, 0.4) is 0 Å². The molecule has 0 atom stereocenters. The van der Waals surface area contributed by atoms with Crippen molar-refractivity contribution in [1.82, 2.24) is 14.5 Å². The molecule has 0 unspecified atom stereocenters. The maximum Gasteiger partial charge on any atom is 0.149 e. The van der Waals surface area contributed by atoms with Crippen LogP contribution < -0.4 is 10.5 Å². The first-order chi connectivity index (χ1) is 7.25. The van der Waals surface area contributed by atoms with E-state index in [2.05, 4.69) is 9.97 Å². The average Bonchev–Trinajstić information content (AvgIpc) is 2.56. The van der Waals surface area contributed by atoms with Crippen molar-refractivity contribution in [2.45, 2.75) is 6.61 Å². The number of pyridine rings is 1. The highest BCUT2D eigenvalue weighted by Crippen LogP contribution is 2.10. The monoisotopic (exact) mass is 204 g/mol. The fourth-order valence-electron chi connectivity index (χ4n) is 1.24. The first-order valence-electron chi connectivity index (χ1n) is 4.56. The second-order valence-corrected chi connectivity index (χ2v) is 3.17. The van der Waals surface area contributed by atoms with E-state index in [0.717, 1.165) is 11.6 Å². The lowest BCUT2D eigenvalue weighted by molar-refractivity contribution is 0.291. The van der Waals surface area contributed by atoms with Crippen LogP contribution in [0.5, 0.6) is 5.75 Å². The summed E-state index contributed by atoms with van der Waals surface area (Å²) < 4.78 is 7.32. The number of imidazole rings is 1. The highest BCUT2D eigenvalue weighted by molar-refractivity contribution is 5.25. The van der Waals surface area contributed by atoms with Gasteiger partial charge in [-0.2, -0.15) is 0 Å². The van der Waals surface area contributed by atoms with Crippen LogP contribution in [0.1, 0.15) is 5.82 Å². The van der Waals surface area contributed by atoms with Gasteiger partial charge in [0.2, 0.25) is 0 Å². The summed E-state index contributed by atoms with van der Waals surface area (Å²) in [5.74, 6) is 2.01. The van der Waals surface area contributed by atoms with Crippen molar-refractivity contribution in [3.8, 4) is 5.75 Å². The summed E-state index contributed by atoms with van der Waals surface area (Å²) in [6, 6.07) is 3.67. The van der Waals surface area contributed by atoms with E-state index >= 15 is 0 Å². The number of nitrogen functional groups attached to an aromatic ring is 1. The predicted molar refractivity (Wildman–Crippen MR) is 56.2 cm³/mol. The number of hydrogen-bond donors (Lipinski definition) is 1. The van der Waals surface area contributed by atoms with Crippen molar-refractivity contribution < 1.29 is 4.74 Å². The van der Waals surface area contributed by atoms with Gasteiger partial charge in [0.15, 0.2) is 0 Å². The highest BCUT2D eigenvalue weighted by atomic mass is 16.5. The Kier molecular flexibility index (Phi) is 2.53. The normalized spacial score (nSPS) is 10.2. The molecule has 5 heteroatoms. The molecule has 0 aliphatic heterocycles. The van der Waals surface area contributed by atoms with Crippen molar-refractivity contribution in [3.63, 3.8) is 0 Å². The summed E-state index contributed by atoms with van der Waals surface area (Å²) in [7, 11) is 1.88. The Balaban J connectivity index is 2.02. The molecule has 2 heterocycles. The molecular formula is C10H12N4O. The molecular weight excluding hydrogens is 192 g/mol. The predicted octanol–water partition coefficient (Wildman–Crippen LogP) is 0.976. The number of ether oxygens (including phenoxy) is 1. The van der Waals surface area contributed by atoms with Gasteiger partial charge in [-0.1, -0.05) is 0 Å². The van der Waals surface area contributed by atoms with Crippen LogP contribution in [0.2, 0.25) is 0 Å². The van der Waals surface area contributed by atoms with Crippen molar-refractivity contribution in [2.24, 2.45) is 7.05 Å². The van der Waals surface area contributed by atoms with Gasteiger partial charge in [0.25, 0.3) is 0 Å². The van der Waals surface area contributed by atoms with E-state index in [0.29, 0.717) is 12.4 Å². The molecule has 2 aromatic heterocycles. The maximum absolute atomic E-state index is 5.55. The molecule has 0 fully saturated rings. The van der Waals surface area contributed by atoms with Gasteiger partial charge < -0.3 is 15.0 Å². The molecule has 0 amide bonds. The minimum atomic E-state index is 0.388. The summed E-state index contributed by atoms with van der Waals surface area (Å²) in [5.41, 5.74) is 5.55. The lowest BCUT2D eigenvalue weighted by atomic mass is 10.5. The molecule has 15 heavy (non-hydrogen) atoms. The number of nitrogens with zero attached hydrogens (tertiary/aromatic N) is 3. The fourth-order valence-corrected chi connectivity index (χ4v) is 1.24. The van der Waals surface area contributed by atoms with Crippen molar-refractivity contribution in [3.05, 3.63) is 36.5 Å². The second-order valence-electron chi connectivity index (χ2n) is 3.17. The fraction of sp³-hybridized carbons (Fsp3) is 0.200. The SMILES string of the molecule is Cn1cc(N)nc1COc1cccnc1. The number of anilines is 1. The summed E-state index contributed by atoms with van der Waals surface area (Å²) in [4.78, 5) is 8.07. The molecule has 0 aromatic carbocycles. The van der Waals surface area contributed by atoms with E-state index in [-0.39, 0.29) is 0 Å². The molecule has 0 radical (unpaired) electrons. The van der Waals surface area contributed by atoms with Crippen LogP contribution in [-0.2, 0) is 13.7 Å². The molecule has 5 nitrogen and oxygen atoms in total. The Morgan fingerprint density at radius 2 is 2.40 bits per heavy atom. The lowest BCUT2D eigenvalue weighted by Gasteiger charge is -2.04. The molecule has 0 saturated carbocycles. The van der Waals surface area contributed by atoms with Crippen LogP contribution in [0.25, 0.3) is 0 Å². The van der Waals surface area contributed by atoms with Crippen LogP contribution >= 0.6 is 0 Å². The highest BCUT2D eigenvalue weighted by Gasteiger charge is 2.03. The molecule has 0 spiro atoms. The average molecular weight is 204 g/mol. The van der Waals surface area contributed by atoms with Gasteiger partial charge in [0.1, 0.15) is 24.0 Å². The molecule has 2 N–H and O–H groups in total. The van der Waals surface area contributed by atoms with E-state index in [1.807, 2.05) is 23.7 Å². The Morgan fingerprint density at radius 3 is 3.00 bits per heavy atom. The topological polar surface area (TPSA) is 66.0 Å². The third-order valence-electron chi connectivity index (χ3n) is 1.99. The van der Waals surface area contributed by atoms with E-state index in [1.54, 1.807) is 18.6 Å². The lowest BCUT2D eigenvalue weighted by Crippen LogP contribution is -2.03. The van der Waals surface area contributed by atoms with Gasteiger partial charge >= 0.3 is 0 Å². The summed E-state index contributed by atoms with van der Waals surface area (Å²) in [6.45, 7) is 0.388. The smallest absolute Gasteiger partial charge is 0.149 e. The maximum atomic E-state index is 5.55. The minimum Gasteiger partial charge on any atom is -0.484 e. The largest absolute Gasteiger partial charge is 0.484 e. The molecule has 2 aromatic rings. The van der Waals surface area contributed by atoms with E-state index in [9.17, 15) is 0 Å². The number of hydrogen-bond acceptors (Lipinski definition) is 4. The third kappa shape index (κ3) is 2.25. The van der Waals surface area contributed by atoms with Crippen LogP contribution in [0.15, 0.2) is 30.7 Å². The Labute approximate surface area is 87.5 Å². The molecule has 0 bridgehead atoms. The molecule has 0 saturated heterocycles. The summed E-state index contributed by atoms with van der Waals surface area (Å²) in [5, 5.41) is 0. The van der Waals surface area contributed by atoms with Crippen molar-refractivity contribution in [1.29, 1.82) is 0 Å². The molecule has 78 valence electrons. The van der Waals surface area contributed by atoms with E-state index in [1.165, 1.54) is 0 Å². The van der Waals surface area contributed by atoms with Crippen molar-refractivity contribution >= 4 is 5.82 Å². The number of rotatable bonds is 3. The Morgan fingerprint density at radius 1 is 1.53 bits per heavy atom. The van der Waals surface area contributed by atoms with Crippen molar-refractivity contribution in [2.75, 3.05) is 5.73 Å². The summed E-state index contributed by atoms with van der Waals surface area (Å²) >= 11 is 0. The number of aromatic nitrogens is 3. The molecule has 0 aliphatic rings. The van der Waals surface area contributed by atoms with Gasteiger partial charge in [-0.05, 0) is 12.1 Å². The van der Waals surface area contributed by atoms with Crippen LogP contribution in [0, 0.1) is 0 Å². The van der Waals surface area contributed by atoms with Gasteiger partial charge in [0.05, 0.1) is 6.20 Å². The molecule has 2 rings (SSSR count). The first kappa shape index (κ1) is 9.51. The van der Waals surface area contributed by atoms with Crippen LogP contribution in [-0.4, -0.2) is 14.5 Å². The molecule has 0 aliphatic carbocycles. The number of aryl methyl sites for hydroxylation is 1. The zero-order valence-corrected chi connectivity index (χ0v) is 8.42. The zero-order valence-electron chi connectivity index (χ0n) is 8.42. The Bertz CT molecular complexity index is 438. The first-order valence-corrected chi connectivity index (χ1v) is 4.56. The van der Waals surface area contributed by atoms with Gasteiger partial charge in [-0.15, -0.1) is 0 Å². The number of nitrogens with two attached hydrogens (primary N) is 1. The standard InChI is InChI=1S/C10H12N4O/c1-14-6-9(11)13-10(14)7-15-8-3-2-4-12-5-8/h2-6H,7,11H2,1H3.